The number of fused-ring (bicyclic) bond motifs is 1. The van der Waals surface area contributed by atoms with Crippen molar-refractivity contribution in [1.29, 1.82) is 0 Å². The van der Waals surface area contributed by atoms with E-state index in [1.54, 1.807) is 17.0 Å². The van der Waals surface area contributed by atoms with Crippen molar-refractivity contribution in [1.82, 2.24) is 15.1 Å². The molecular weight excluding hydrogens is 341 g/mol. The summed E-state index contributed by atoms with van der Waals surface area (Å²) in [6, 6.07) is 13.5. The number of nitrogens with one attached hydrogen (secondary N) is 1. The molecule has 1 N–H and O–H groups in total. The van der Waals surface area contributed by atoms with E-state index in [1.165, 1.54) is 12.1 Å². The highest BCUT2D eigenvalue weighted by atomic mass is 35.5. The van der Waals surface area contributed by atoms with Gasteiger partial charge in [-0.15, -0.1) is 0 Å². The average Bonchev–Trinajstić information content (AvgIpc) is 3.05. The summed E-state index contributed by atoms with van der Waals surface area (Å²) in [6.45, 7) is 0.930. The van der Waals surface area contributed by atoms with Gasteiger partial charge in [-0.3, -0.25) is 9.89 Å². The van der Waals surface area contributed by atoms with E-state index in [9.17, 15) is 9.18 Å². The lowest BCUT2D eigenvalue weighted by molar-refractivity contribution is 0.0730. The van der Waals surface area contributed by atoms with Gasteiger partial charge in [0.05, 0.1) is 11.3 Å². The molecule has 4 nitrogen and oxygen atoms in total. The van der Waals surface area contributed by atoms with Crippen LogP contribution in [0.15, 0.2) is 48.5 Å². The fourth-order valence-corrected chi connectivity index (χ4v) is 3.25. The van der Waals surface area contributed by atoms with Gasteiger partial charge in [-0.05, 0) is 24.3 Å². The largest absolute Gasteiger partial charge is 0.334 e. The molecule has 0 atom stereocenters. The fraction of sp³-hybridized carbons (Fsp3) is 0.158. The predicted molar refractivity (Wildman–Crippen MR) is 93.9 cm³/mol. The third-order valence-corrected chi connectivity index (χ3v) is 4.69. The van der Waals surface area contributed by atoms with Crippen molar-refractivity contribution in [2.75, 3.05) is 6.54 Å². The second-order valence-electron chi connectivity index (χ2n) is 5.99. The number of aromatic amines is 1. The van der Waals surface area contributed by atoms with E-state index in [-0.39, 0.29) is 11.5 Å². The van der Waals surface area contributed by atoms with Crippen LogP contribution in [-0.4, -0.2) is 27.5 Å². The highest BCUT2D eigenvalue weighted by Gasteiger charge is 2.27. The molecule has 4 rings (SSSR count). The number of carbonyl (C=O) groups is 1. The van der Waals surface area contributed by atoms with Gasteiger partial charge in [-0.1, -0.05) is 35.9 Å². The predicted octanol–water partition coefficient (Wildman–Crippen LogP) is 4.07. The molecule has 1 aromatic heterocycles. The summed E-state index contributed by atoms with van der Waals surface area (Å²) in [7, 11) is 0. The van der Waals surface area contributed by atoms with Crippen LogP contribution in [0.1, 0.15) is 21.6 Å². The molecule has 126 valence electrons. The zero-order valence-corrected chi connectivity index (χ0v) is 14.1. The van der Waals surface area contributed by atoms with Gasteiger partial charge in [0, 0.05) is 41.4 Å². The van der Waals surface area contributed by atoms with Gasteiger partial charge in [0.25, 0.3) is 5.91 Å². The van der Waals surface area contributed by atoms with Crippen molar-refractivity contribution < 1.29 is 9.18 Å². The normalized spacial score (nSPS) is 13.6. The molecule has 0 bridgehead atoms. The SMILES string of the molecule is O=C(c1ccccc1F)N1CCc2[nH]nc(-c3ccc(Cl)cc3)c2C1. The molecule has 0 saturated heterocycles. The van der Waals surface area contributed by atoms with Crippen LogP contribution in [0.5, 0.6) is 0 Å². The lowest BCUT2D eigenvalue weighted by Crippen LogP contribution is -2.36. The van der Waals surface area contributed by atoms with Crippen LogP contribution < -0.4 is 0 Å². The standard InChI is InChI=1S/C19H15ClFN3O/c20-13-7-5-12(6-8-13)18-15-11-24(10-9-17(15)22-23-18)19(25)14-3-1-2-4-16(14)21/h1-8H,9-11H2,(H,22,23). The minimum Gasteiger partial charge on any atom is -0.334 e. The lowest BCUT2D eigenvalue weighted by atomic mass is 10.0. The Hall–Kier alpha value is -2.66. The number of carbonyl (C=O) groups excluding carboxylic acids is 1. The Morgan fingerprint density at radius 3 is 2.68 bits per heavy atom. The summed E-state index contributed by atoms with van der Waals surface area (Å²) in [4.78, 5) is 14.3. The minimum atomic E-state index is -0.497. The summed E-state index contributed by atoms with van der Waals surface area (Å²) >= 11 is 5.95. The molecule has 2 aromatic carbocycles. The average molecular weight is 356 g/mol. The zero-order chi connectivity index (χ0) is 17.4. The Balaban J connectivity index is 1.65. The van der Waals surface area contributed by atoms with E-state index in [0.717, 1.165) is 22.5 Å². The lowest BCUT2D eigenvalue weighted by Gasteiger charge is -2.27. The molecule has 1 amide bonds. The molecule has 6 heteroatoms. The van der Waals surface area contributed by atoms with Gasteiger partial charge in [0.2, 0.25) is 0 Å². The van der Waals surface area contributed by atoms with Gasteiger partial charge in [-0.25, -0.2) is 4.39 Å². The third-order valence-electron chi connectivity index (χ3n) is 4.44. The van der Waals surface area contributed by atoms with E-state index in [4.69, 9.17) is 11.6 Å². The van der Waals surface area contributed by atoms with E-state index < -0.39 is 5.82 Å². The summed E-state index contributed by atoms with van der Waals surface area (Å²) in [6.07, 6.45) is 0.663. The van der Waals surface area contributed by atoms with Crippen molar-refractivity contribution in [3.8, 4) is 11.3 Å². The highest BCUT2D eigenvalue weighted by Crippen LogP contribution is 2.29. The van der Waals surface area contributed by atoms with Crippen LogP contribution in [0.3, 0.4) is 0 Å². The Morgan fingerprint density at radius 1 is 1.16 bits per heavy atom. The number of benzene rings is 2. The number of aromatic nitrogens is 2. The first-order valence-corrected chi connectivity index (χ1v) is 8.37. The van der Waals surface area contributed by atoms with Gasteiger partial charge in [0.15, 0.2) is 0 Å². The molecular formula is C19H15ClFN3O. The molecule has 0 spiro atoms. The Morgan fingerprint density at radius 2 is 1.92 bits per heavy atom. The van der Waals surface area contributed by atoms with Crippen molar-refractivity contribution in [3.63, 3.8) is 0 Å². The van der Waals surface area contributed by atoms with Crippen molar-refractivity contribution >= 4 is 17.5 Å². The van der Waals surface area contributed by atoms with Crippen LogP contribution in [0.4, 0.5) is 4.39 Å². The van der Waals surface area contributed by atoms with Crippen LogP contribution >= 0.6 is 11.6 Å². The first kappa shape index (κ1) is 15.8. The Labute approximate surface area is 149 Å². The van der Waals surface area contributed by atoms with Gasteiger partial charge < -0.3 is 4.90 Å². The quantitative estimate of drug-likeness (QED) is 0.753. The maximum Gasteiger partial charge on any atom is 0.257 e. The highest BCUT2D eigenvalue weighted by molar-refractivity contribution is 6.30. The van der Waals surface area contributed by atoms with E-state index in [1.807, 2.05) is 24.3 Å². The summed E-state index contributed by atoms with van der Waals surface area (Å²) in [5, 5.41) is 8.11. The number of H-pyrrole nitrogens is 1. The molecule has 0 saturated carbocycles. The topological polar surface area (TPSA) is 49.0 Å². The van der Waals surface area contributed by atoms with Crippen LogP contribution in [0, 0.1) is 5.82 Å². The minimum absolute atomic E-state index is 0.0995. The molecule has 1 aliphatic rings. The number of amides is 1. The first-order chi connectivity index (χ1) is 12.1. The second kappa shape index (κ2) is 6.33. The number of rotatable bonds is 2. The molecule has 0 aliphatic carbocycles. The smallest absolute Gasteiger partial charge is 0.257 e. The third kappa shape index (κ3) is 2.91. The fourth-order valence-electron chi connectivity index (χ4n) is 3.12. The molecule has 2 heterocycles. The van der Waals surface area contributed by atoms with E-state index in [0.29, 0.717) is 24.5 Å². The van der Waals surface area contributed by atoms with Gasteiger partial charge in [0.1, 0.15) is 5.82 Å². The maximum absolute atomic E-state index is 13.9. The Kier molecular flexibility index (Phi) is 4.01. The Bertz CT molecular complexity index is 936. The molecule has 0 unspecified atom stereocenters. The van der Waals surface area contributed by atoms with Crippen molar-refractivity contribution in [2.24, 2.45) is 0 Å². The van der Waals surface area contributed by atoms with Crippen LogP contribution in [0.2, 0.25) is 5.02 Å². The monoisotopic (exact) mass is 355 g/mol. The maximum atomic E-state index is 13.9. The molecule has 0 radical (unpaired) electrons. The number of hydrogen-bond acceptors (Lipinski definition) is 2. The zero-order valence-electron chi connectivity index (χ0n) is 13.3. The number of nitrogens with zero attached hydrogens (tertiary/aromatic N) is 2. The van der Waals surface area contributed by atoms with E-state index in [2.05, 4.69) is 10.2 Å². The van der Waals surface area contributed by atoms with Crippen molar-refractivity contribution in [2.45, 2.75) is 13.0 Å². The molecule has 1 aliphatic heterocycles. The number of hydrogen-bond donors (Lipinski definition) is 1. The summed E-state index contributed by atoms with van der Waals surface area (Å²) in [5.41, 5.74) is 3.82. The summed E-state index contributed by atoms with van der Waals surface area (Å²) < 4.78 is 13.9. The first-order valence-electron chi connectivity index (χ1n) is 7.99. The van der Waals surface area contributed by atoms with Crippen LogP contribution in [-0.2, 0) is 13.0 Å². The number of halogens is 2. The van der Waals surface area contributed by atoms with Gasteiger partial charge in [-0.2, -0.15) is 5.10 Å². The molecule has 3 aromatic rings. The van der Waals surface area contributed by atoms with E-state index >= 15 is 0 Å². The second-order valence-corrected chi connectivity index (χ2v) is 6.43. The molecule has 0 fully saturated rings. The van der Waals surface area contributed by atoms with Gasteiger partial charge >= 0.3 is 0 Å². The summed E-state index contributed by atoms with van der Waals surface area (Å²) in [5.74, 6) is -0.796. The van der Waals surface area contributed by atoms with Crippen molar-refractivity contribution in [3.05, 3.63) is 76.2 Å². The van der Waals surface area contributed by atoms with Crippen LogP contribution in [0.25, 0.3) is 11.3 Å². The molecule has 25 heavy (non-hydrogen) atoms.